The highest BCUT2D eigenvalue weighted by atomic mass is 16.5. The summed E-state index contributed by atoms with van der Waals surface area (Å²) in [5.41, 5.74) is 0.956. The van der Waals surface area contributed by atoms with Crippen LogP contribution < -0.4 is 9.47 Å². The number of rotatable bonds is 7. The molecule has 0 radical (unpaired) electrons. The van der Waals surface area contributed by atoms with E-state index in [0.29, 0.717) is 35.7 Å². The van der Waals surface area contributed by atoms with Crippen molar-refractivity contribution >= 4 is 17.4 Å². The zero-order chi connectivity index (χ0) is 21.8. The summed E-state index contributed by atoms with van der Waals surface area (Å²) >= 11 is 0. The van der Waals surface area contributed by atoms with Gasteiger partial charge in [-0.25, -0.2) is 0 Å². The first-order valence-electron chi connectivity index (χ1n) is 9.44. The number of aliphatic hydroxyl groups excluding tert-OH is 1. The van der Waals surface area contributed by atoms with Gasteiger partial charge in [0.25, 0.3) is 11.7 Å². The number of aromatic nitrogens is 1. The highest BCUT2D eigenvalue weighted by Gasteiger charge is 2.46. The molecule has 1 N–H and O–H groups in total. The van der Waals surface area contributed by atoms with Crippen molar-refractivity contribution in [2.75, 3.05) is 41.4 Å². The van der Waals surface area contributed by atoms with E-state index in [2.05, 4.69) is 4.98 Å². The number of nitrogens with zero attached hydrogens (tertiary/aromatic N) is 3. The lowest BCUT2D eigenvalue weighted by atomic mass is 9.96. The third kappa shape index (κ3) is 3.99. The fraction of sp³-hybridized carbons (Fsp3) is 0.318. The van der Waals surface area contributed by atoms with Crippen LogP contribution in [-0.2, 0) is 9.59 Å². The van der Waals surface area contributed by atoms with Crippen LogP contribution in [0.25, 0.3) is 5.76 Å². The van der Waals surface area contributed by atoms with Gasteiger partial charge in [-0.05, 0) is 37.9 Å². The molecule has 1 aliphatic rings. The van der Waals surface area contributed by atoms with Crippen molar-refractivity contribution in [3.05, 3.63) is 59.4 Å². The monoisotopic (exact) mass is 411 g/mol. The second-order valence-corrected chi connectivity index (χ2v) is 7.15. The molecule has 2 aromatic rings. The Hall–Kier alpha value is -3.39. The van der Waals surface area contributed by atoms with Crippen molar-refractivity contribution in [2.24, 2.45) is 0 Å². The Bertz CT molecular complexity index is 972. The van der Waals surface area contributed by atoms with Crippen LogP contribution in [0.2, 0.25) is 0 Å². The predicted molar refractivity (Wildman–Crippen MR) is 111 cm³/mol. The number of carbonyl (C=O) groups is 2. The average Bonchev–Trinajstić information content (AvgIpc) is 3.02. The van der Waals surface area contributed by atoms with Crippen molar-refractivity contribution < 1.29 is 24.2 Å². The van der Waals surface area contributed by atoms with E-state index >= 15 is 0 Å². The SMILES string of the molecule is COc1ccc(C(O)=C2C(=O)C(=O)N(CCN(C)C)C2c2cccnc2)c(OC)c1. The number of benzene rings is 1. The van der Waals surface area contributed by atoms with E-state index in [9.17, 15) is 14.7 Å². The molecular formula is C22H25N3O5. The molecule has 3 rings (SSSR count). The number of carbonyl (C=O) groups excluding carboxylic acids is 2. The number of methoxy groups -OCH3 is 2. The van der Waals surface area contributed by atoms with E-state index in [1.54, 1.807) is 42.7 Å². The summed E-state index contributed by atoms with van der Waals surface area (Å²) in [7, 11) is 6.75. The number of Topliss-reactive ketones (excluding diaryl/α,β-unsaturated/α-hetero) is 1. The maximum absolute atomic E-state index is 13.0. The van der Waals surface area contributed by atoms with E-state index in [-0.39, 0.29) is 11.3 Å². The molecule has 0 spiro atoms. The lowest BCUT2D eigenvalue weighted by Gasteiger charge is -2.26. The van der Waals surface area contributed by atoms with Crippen LogP contribution in [0.5, 0.6) is 11.5 Å². The van der Waals surface area contributed by atoms with Gasteiger partial charge in [-0.3, -0.25) is 14.6 Å². The first-order valence-corrected chi connectivity index (χ1v) is 9.44. The van der Waals surface area contributed by atoms with Gasteiger partial charge in [-0.15, -0.1) is 0 Å². The normalized spacial score (nSPS) is 18.2. The molecule has 1 atom stereocenters. The van der Waals surface area contributed by atoms with Crippen molar-refractivity contribution in [3.8, 4) is 11.5 Å². The van der Waals surface area contributed by atoms with Gasteiger partial charge in [-0.1, -0.05) is 6.07 Å². The Kier molecular flexibility index (Phi) is 6.37. The summed E-state index contributed by atoms with van der Waals surface area (Å²) in [6, 6.07) is 7.63. The van der Waals surface area contributed by atoms with Crippen LogP contribution in [-0.4, -0.2) is 73.0 Å². The number of pyridine rings is 1. The van der Waals surface area contributed by atoms with E-state index in [1.165, 1.54) is 19.1 Å². The fourth-order valence-corrected chi connectivity index (χ4v) is 3.44. The maximum atomic E-state index is 13.0. The molecule has 1 saturated heterocycles. The van der Waals surface area contributed by atoms with E-state index in [4.69, 9.17) is 9.47 Å². The minimum absolute atomic E-state index is 0.00947. The second kappa shape index (κ2) is 8.96. The Morgan fingerprint density at radius 2 is 1.97 bits per heavy atom. The van der Waals surface area contributed by atoms with E-state index < -0.39 is 17.7 Å². The highest BCUT2D eigenvalue weighted by Crippen LogP contribution is 2.41. The van der Waals surface area contributed by atoms with Crippen molar-refractivity contribution in [1.82, 2.24) is 14.8 Å². The Morgan fingerprint density at radius 3 is 2.57 bits per heavy atom. The molecule has 0 bridgehead atoms. The largest absolute Gasteiger partial charge is 0.507 e. The smallest absolute Gasteiger partial charge is 0.295 e. The van der Waals surface area contributed by atoms with Gasteiger partial charge in [0.1, 0.15) is 17.3 Å². The molecular weight excluding hydrogens is 386 g/mol. The summed E-state index contributed by atoms with van der Waals surface area (Å²) in [5.74, 6) is -0.818. The van der Waals surface area contributed by atoms with Crippen molar-refractivity contribution in [1.29, 1.82) is 0 Å². The number of aliphatic hydroxyl groups is 1. The van der Waals surface area contributed by atoms with Crippen LogP contribution in [0, 0.1) is 0 Å². The van der Waals surface area contributed by atoms with Crippen LogP contribution >= 0.6 is 0 Å². The van der Waals surface area contributed by atoms with Crippen LogP contribution in [0.4, 0.5) is 0 Å². The van der Waals surface area contributed by atoms with Gasteiger partial charge in [-0.2, -0.15) is 0 Å². The number of hydrogen-bond acceptors (Lipinski definition) is 7. The molecule has 1 aliphatic heterocycles. The molecule has 8 nitrogen and oxygen atoms in total. The molecule has 1 aromatic heterocycles. The molecule has 8 heteroatoms. The molecule has 0 saturated carbocycles. The zero-order valence-electron chi connectivity index (χ0n) is 17.5. The maximum Gasteiger partial charge on any atom is 0.295 e. The zero-order valence-corrected chi connectivity index (χ0v) is 17.5. The molecule has 0 aliphatic carbocycles. The number of ketones is 1. The average molecular weight is 411 g/mol. The number of likely N-dealkylation sites (N-methyl/N-ethyl adjacent to an activating group) is 1. The standard InChI is InChI=1S/C22H25N3O5/c1-24(2)10-11-25-19(14-6-5-9-23-13-14)18(21(27)22(25)28)20(26)16-8-7-15(29-3)12-17(16)30-4/h5-9,12-13,19,26H,10-11H2,1-4H3. The summed E-state index contributed by atoms with van der Waals surface area (Å²) in [6.45, 7) is 0.892. The molecule has 1 aromatic carbocycles. The Balaban J connectivity index is 2.17. The fourth-order valence-electron chi connectivity index (χ4n) is 3.44. The number of hydrogen-bond donors (Lipinski definition) is 1. The first kappa shape index (κ1) is 21.3. The van der Waals surface area contributed by atoms with Gasteiger partial charge in [0.05, 0.1) is 31.4 Å². The lowest BCUT2D eigenvalue weighted by molar-refractivity contribution is -0.140. The summed E-state index contributed by atoms with van der Waals surface area (Å²) < 4.78 is 10.6. The number of ether oxygens (including phenoxy) is 2. The van der Waals surface area contributed by atoms with Crippen LogP contribution in [0.15, 0.2) is 48.3 Å². The third-order valence-electron chi connectivity index (χ3n) is 4.99. The predicted octanol–water partition coefficient (Wildman–Crippen LogP) is 2.08. The highest BCUT2D eigenvalue weighted by molar-refractivity contribution is 6.46. The summed E-state index contributed by atoms with van der Waals surface area (Å²) in [6.07, 6.45) is 3.21. The summed E-state index contributed by atoms with van der Waals surface area (Å²) in [5, 5.41) is 11.1. The van der Waals surface area contributed by atoms with Crippen molar-refractivity contribution in [2.45, 2.75) is 6.04 Å². The molecule has 1 unspecified atom stereocenters. The second-order valence-electron chi connectivity index (χ2n) is 7.15. The van der Waals surface area contributed by atoms with E-state index in [1.807, 2.05) is 19.0 Å². The molecule has 1 amide bonds. The minimum atomic E-state index is -0.745. The van der Waals surface area contributed by atoms with Gasteiger partial charge in [0, 0.05) is 31.5 Å². The van der Waals surface area contributed by atoms with Gasteiger partial charge in [0.2, 0.25) is 0 Å². The Morgan fingerprint density at radius 1 is 1.20 bits per heavy atom. The Labute approximate surface area is 175 Å². The lowest BCUT2D eigenvalue weighted by Crippen LogP contribution is -2.35. The van der Waals surface area contributed by atoms with Gasteiger partial charge in [0.15, 0.2) is 0 Å². The summed E-state index contributed by atoms with van der Waals surface area (Å²) in [4.78, 5) is 33.3. The minimum Gasteiger partial charge on any atom is -0.507 e. The van der Waals surface area contributed by atoms with E-state index in [0.717, 1.165) is 0 Å². The van der Waals surface area contributed by atoms with Crippen molar-refractivity contribution in [3.63, 3.8) is 0 Å². The van der Waals surface area contributed by atoms with Crippen LogP contribution in [0.1, 0.15) is 17.2 Å². The quantitative estimate of drug-likeness (QED) is 0.424. The molecule has 1 fully saturated rings. The van der Waals surface area contributed by atoms with Gasteiger partial charge < -0.3 is 24.4 Å². The molecule has 30 heavy (non-hydrogen) atoms. The third-order valence-corrected chi connectivity index (χ3v) is 4.99. The molecule has 158 valence electrons. The number of amides is 1. The first-order chi connectivity index (χ1) is 14.4. The topological polar surface area (TPSA) is 92.2 Å². The molecule has 2 heterocycles. The van der Waals surface area contributed by atoms with Crippen LogP contribution in [0.3, 0.4) is 0 Å². The van der Waals surface area contributed by atoms with Gasteiger partial charge >= 0.3 is 0 Å². The number of likely N-dealkylation sites (tertiary alicyclic amines) is 1.